The van der Waals surface area contributed by atoms with Crippen molar-refractivity contribution in [3.05, 3.63) is 58.5 Å². The van der Waals surface area contributed by atoms with Gasteiger partial charge in [0.25, 0.3) is 5.56 Å². The molecule has 2 rings (SSSR count). The van der Waals surface area contributed by atoms with Gasteiger partial charge in [0.15, 0.2) is 0 Å². The van der Waals surface area contributed by atoms with E-state index in [0.717, 1.165) is 4.57 Å². The first-order valence-electron chi connectivity index (χ1n) is 6.96. The molecule has 1 amide bonds. The Morgan fingerprint density at radius 2 is 1.91 bits per heavy atom. The maximum absolute atomic E-state index is 12.0. The summed E-state index contributed by atoms with van der Waals surface area (Å²) in [5.74, 6) is -1.06. The number of aromatic carboxylic acids is 1. The van der Waals surface area contributed by atoms with Gasteiger partial charge in [0.05, 0.1) is 6.61 Å². The fourth-order valence-electron chi connectivity index (χ4n) is 1.98. The summed E-state index contributed by atoms with van der Waals surface area (Å²) in [7, 11) is 0. The smallest absolute Gasteiger partial charge is 0.341 e. The molecule has 0 spiro atoms. The Balaban J connectivity index is 2.06. The summed E-state index contributed by atoms with van der Waals surface area (Å²) in [5, 5.41) is 11.5. The largest absolute Gasteiger partial charge is 0.494 e. The van der Waals surface area contributed by atoms with Gasteiger partial charge in [-0.2, -0.15) is 0 Å². The van der Waals surface area contributed by atoms with Crippen LogP contribution in [0.4, 0.5) is 5.69 Å². The minimum Gasteiger partial charge on any atom is -0.494 e. The second-order valence-corrected chi connectivity index (χ2v) is 4.67. The summed E-state index contributed by atoms with van der Waals surface area (Å²) in [6.45, 7) is 2.15. The first-order chi connectivity index (χ1) is 11.0. The zero-order valence-electron chi connectivity index (χ0n) is 12.5. The molecule has 0 radical (unpaired) electrons. The van der Waals surface area contributed by atoms with Crippen LogP contribution in [0.5, 0.6) is 5.75 Å². The van der Waals surface area contributed by atoms with Crippen molar-refractivity contribution in [3.63, 3.8) is 0 Å². The summed E-state index contributed by atoms with van der Waals surface area (Å²) in [4.78, 5) is 34.8. The Hall–Kier alpha value is -3.09. The van der Waals surface area contributed by atoms with E-state index in [1.807, 2.05) is 6.92 Å². The number of hydrogen-bond acceptors (Lipinski definition) is 4. The number of anilines is 1. The number of nitrogens with one attached hydrogen (secondary N) is 1. The first-order valence-corrected chi connectivity index (χ1v) is 6.96. The Kier molecular flexibility index (Phi) is 5.14. The van der Waals surface area contributed by atoms with Gasteiger partial charge in [-0.25, -0.2) is 4.79 Å². The quantitative estimate of drug-likeness (QED) is 0.843. The van der Waals surface area contributed by atoms with Crippen LogP contribution in [0.3, 0.4) is 0 Å². The van der Waals surface area contributed by atoms with Crippen LogP contribution in [0.1, 0.15) is 17.3 Å². The van der Waals surface area contributed by atoms with Crippen LogP contribution in [0.2, 0.25) is 0 Å². The number of aromatic nitrogens is 1. The van der Waals surface area contributed by atoms with E-state index in [9.17, 15) is 14.4 Å². The summed E-state index contributed by atoms with van der Waals surface area (Å²) < 4.78 is 6.35. The van der Waals surface area contributed by atoms with E-state index in [1.54, 1.807) is 24.3 Å². The summed E-state index contributed by atoms with van der Waals surface area (Å²) >= 11 is 0. The molecule has 1 heterocycles. The van der Waals surface area contributed by atoms with E-state index in [2.05, 4.69) is 5.32 Å². The van der Waals surface area contributed by atoms with E-state index < -0.39 is 17.4 Å². The predicted molar refractivity (Wildman–Crippen MR) is 83.9 cm³/mol. The molecular formula is C16H16N2O5. The maximum atomic E-state index is 12.0. The third-order valence-electron chi connectivity index (χ3n) is 3.01. The van der Waals surface area contributed by atoms with Crippen LogP contribution in [-0.4, -0.2) is 28.2 Å². The van der Waals surface area contributed by atoms with Gasteiger partial charge in [0, 0.05) is 11.9 Å². The molecule has 7 nitrogen and oxygen atoms in total. The monoisotopic (exact) mass is 316 g/mol. The molecule has 1 aromatic heterocycles. The molecule has 0 unspecified atom stereocenters. The molecule has 120 valence electrons. The minimum absolute atomic E-state index is 0.271. The average molecular weight is 316 g/mol. The average Bonchev–Trinajstić information content (AvgIpc) is 2.51. The van der Waals surface area contributed by atoms with Gasteiger partial charge in [-0.1, -0.05) is 0 Å². The molecule has 23 heavy (non-hydrogen) atoms. The standard InChI is InChI=1S/C16H16N2O5/c1-2-23-12-7-5-11(6-8-12)17-14(19)10-18-9-3-4-13(15(18)20)16(21)22/h3-9H,2,10H2,1H3,(H,17,19)(H,21,22). The van der Waals surface area contributed by atoms with Gasteiger partial charge in [0.2, 0.25) is 5.91 Å². The number of carbonyl (C=O) groups excluding carboxylic acids is 1. The van der Waals surface area contributed by atoms with Crippen molar-refractivity contribution in [2.75, 3.05) is 11.9 Å². The number of carbonyl (C=O) groups is 2. The van der Waals surface area contributed by atoms with E-state index in [4.69, 9.17) is 9.84 Å². The molecule has 0 bridgehead atoms. The Morgan fingerprint density at radius 1 is 1.22 bits per heavy atom. The van der Waals surface area contributed by atoms with Crippen LogP contribution in [0, 0.1) is 0 Å². The number of carboxylic acid groups (broad SMARTS) is 1. The molecule has 0 aliphatic carbocycles. The van der Waals surface area contributed by atoms with E-state index in [0.29, 0.717) is 18.0 Å². The SMILES string of the molecule is CCOc1ccc(NC(=O)Cn2cccc(C(=O)O)c2=O)cc1. The molecule has 2 N–H and O–H groups in total. The number of nitrogens with zero attached hydrogens (tertiary/aromatic N) is 1. The topological polar surface area (TPSA) is 97.6 Å². The number of rotatable bonds is 6. The van der Waals surface area contributed by atoms with Crippen molar-refractivity contribution >= 4 is 17.6 Å². The zero-order valence-corrected chi connectivity index (χ0v) is 12.5. The Morgan fingerprint density at radius 3 is 2.52 bits per heavy atom. The van der Waals surface area contributed by atoms with Crippen LogP contribution in [0.15, 0.2) is 47.4 Å². The number of amides is 1. The second kappa shape index (κ2) is 7.26. The Bertz CT molecular complexity index is 765. The van der Waals surface area contributed by atoms with Crippen molar-refractivity contribution in [3.8, 4) is 5.75 Å². The maximum Gasteiger partial charge on any atom is 0.341 e. The van der Waals surface area contributed by atoms with Crippen molar-refractivity contribution < 1.29 is 19.4 Å². The van der Waals surface area contributed by atoms with Gasteiger partial charge >= 0.3 is 5.97 Å². The fraction of sp³-hybridized carbons (Fsp3) is 0.188. The zero-order chi connectivity index (χ0) is 16.8. The summed E-state index contributed by atoms with van der Waals surface area (Å²) in [6, 6.07) is 9.41. The lowest BCUT2D eigenvalue weighted by molar-refractivity contribution is -0.116. The lowest BCUT2D eigenvalue weighted by Crippen LogP contribution is -2.30. The number of ether oxygens (including phenoxy) is 1. The van der Waals surface area contributed by atoms with Crippen LogP contribution in [-0.2, 0) is 11.3 Å². The second-order valence-electron chi connectivity index (χ2n) is 4.67. The lowest BCUT2D eigenvalue weighted by atomic mass is 10.2. The molecule has 0 saturated heterocycles. The van der Waals surface area contributed by atoms with Crippen molar-refractivity contribution in [2.45, 2.75) is 13.5 Å². The Labute approximate surface area is 132 Å². The highest BCUT2D eigenvalue weighted by molar-refractivity contribution is 5.91. The van der Waals surface area contributed by atoms with Crippen LogP contribution >= 0.6 is 0 Å². The summed E-state index contributed by atoms with van der Waals surface area (Å²) in [6.07, 6.45) is 1.37. The van der Waals surface area contributed by atoms with E-state index >= 15 is 0 Å². The predicted octanol–water partition coefficient (Wildman–Crippen LogP) is 1.58. The summed E-state index contributed by atoms with van der Waals surface area (Å²) in [5.41, 5.74) is -0.538. The third kappa shape index (κ3) is 4.19. The van der Waals surface area contributed by atoms with Gasteiger partial charge in [0.1, 0.15) is 17.9 Å². The normalized spacial score (nSPS) is 10.1. The molecule has 0 fully saturated rings. The van der Waals surface area contributed by atoms with E-state index in [1.165, 1.54) is 18.3 Å². The molecule has 0 aliphatic heterocycles. The molecule has 0 atom stereocenters. The highest BCUT2D eigenvalue weighted by atomic mass is 16.5. The first kappa shape index (κ1) is 16.3. The number of pyridine rings is 1. The van der Waals surface area contributed by atoms with Gasteiger partial charge in [-0.15, -0.1) is 0 Å². The van der Waals surface area contributed by atoms with Crippen LogP contribution < -0.4 is 15.6 Å². The molecule has 0 aliphatic rings. The van der Waals surface area contributed by atoms with Crippen molar-refractivity contribution in [1.82, 2.24) is 4.57 Å². The molecular weight excluding hydrogens is 300 g/mol. The van der Waals surface area contributed by atoms with Gasteiger partial charge in [-0.3, -0.25) is 9.59 Å². The minimum atomic E-state index is -1.32. The van der Waals surface area contributed by atoms with E-state index in [-0.39, 0.29) is 12.1 Å². The van der Waals surface area contributed by atoms with Crippen LogP contribution in [0.25, 0.3) is 0 Å². The molecule has 2 aromatic rings. The number of hydrogen-bond donors (Lipinski definition) is 2. The molecule has 1 aromatic carbocycles. The van der Waals surface area contributed by atoms with Crippen molar-refractivity contribution in [2.24, 2.45) is 0 Å². The lowest BCUT2D eigenvalue weighted by Gasteiger charge is -2.09. The third-order valence-corrected chi connectivity index (χ3v) is 3.01. The highest BCUT2D eigenvalue weighted by Crippen LogP contribution is 2.15. The fourth-order valence-corrected chi connectivity index (χ4v) is 1.98. The van der Waals surface area contributed by atoms with Gasteiger partial charge in [-0.05, 0) is 43.3 Å². The highest BCUT2D eigenvalue weighted by Gasteiger charge is 2.12. The number of carboxylic acids is 1. The molecule has 0 saturated carbocycles. The number of benzene rings is 1. The van der Waals surface area contributed by atoms with Crippen molar-refractivity contribution in [1.29, 1.82) is 0 Å². The molecule has 7 heteroatoms. The van der Waals surface area contributed by atoms with Gasteiger partial charge < -0.3 is 19.7 Å².